The number of rotatable bonds is 7. The smallest absolute Gasteiger partial charge is 0.328 e. The Morgan fingerprint density at radius 2 is 2.13 bits per heavy atom. The number of carbonyl (C=O) groups excluding carboxylic acids is 1. The Kier molecular flexibility index (Phi) is 6.73. The summed E-state index contributed by atoms with van der Waals surface area (Å²) < 4.78 is 11.2. The van der Waals surface area contributed by atoms with Gasteiger partial charge in [-0.1, -0.05) is 13.5 Å². The Labute approximate surface area is 93.7 Å². The molecule has 1 unspecified atom stereocenters. The first-order valence-corrected chi connectivity index (χ1v) is 5.69. The van der Waals surface area contributed by atoms with E-state index in [4.69, 9.17) is 9.26 Å². The van der Waals surface area contributed by atoms with Crippen molar-refractivity contribution >= 4 is 14.8 Å². The number of nitrogens with zero attached hydrogens (tertiary/aromatic N) is 1. The van der Waals surface area contributed by atoms with Crippen LogP contribution in [0.25, 0.3) is 0 Å². The molecule has 0 bridgehead atoms. The van der Waals surface area contributed by atoms with Crippen LogP contribution >= 0.6 is 8.81 Å². The van der Waals surface area contributed by atoms with E-state index in [-0.39, 0.29) is 5.85 Å². The fraction of sp³-hybridized carbons (Fsp3) is 0.700. The highest BCUT2D eigenvalue weighted by molar-refractivity contribution is 7.32. The van der Waals surface area contributed by atoms with Crippen LogP contribution in [0.5, 0.6) is 0 Å². The Morgan fingerprint density at radius 1 is 1.53 bits per heavy atom. The first-order valence-electron chi connectivity index (χ1n) is 4.81. The van der Waals surface area contributed by atoms with E-state index in [1.165, 1.54) is 0 Å². The second-order valence-electron chi connectivity index (χ2n) is 4.19. The molecule has 0 saturated heterocycles. The summed E-state index contributed by atoms with van der Waals surface area (Å²) in [6, 6.07) is 0. The van der Waals surface area contributed by atoms with Crippen LogP contribution in [-0.4, -0.2) is 50.6 Å². The second-order valence-corrected chi connectivity index (χ2v) is 5.39. The molecule has 0 radical (unpaired) electrons. The predicted molar refractivity (Wildman–Crippen MR) is 61.5 cm³/mol. The van der Waals surface area contributed by atoms with Gasteiger partial charge in [-0.3, -0.25) is 0 Å². The van der Waals surface area contributed by atoms with Crippen LogP contribution in [0, 0.1) is 0 Å². The van der Waals surface area contributed by atoms with E-state index in [1.807, 2.05) is 0 Å². The van der Waals surface area contributed by atoms with Crippen molar-refractivity contribution in [1.29, 1.82) is 0 Å². The zero-order valence-electron chi connectivity index (χ0n) is 9.90. The molecule has 0 aromatic carbocycles. The largest absolute Gasteiger partial charge is 0.550 e. The van der Waals surface area contributed by atoms with Crippen LogP contribution in [0.3, 0.4) is 0 Å². The van der Waals surface area contributed by atoms with Crippen LogP contribution < -0.4 is 0 Å². The molecule has 0 heterocycles. The first-order chi connectivity index (χ1) is 6.85. The van der Waals surface area contributed by atoms with Gasteiger partial charge < -0.3 is 22.6 Å². The zero-order chi connectivity index (χ0) is 11.9. The van der Waals surface area contributed by atoms with Crippen molar-refractivity contribution in [3.8, 4) is 0 Å². The average molecular weight is 233 g/mol. The summed E-state index contributed by atoms with van der Waals surface area (Å²) in [5.74, 6) is -0.659. The minimum absolute atomic E-state index is 0.247. The number of ether oxygens (including phenoxy) is 1. The topological polar surface area (TPSA) is 35.5 Å². The van der Waals surface area contributed by atoms with Gasteiger partial charge in [-0.15, -0.1) is 0 Å². The molecule has 15 heavy (non-hydrogen) atoms. The molecule has 0 spiro atoms. The van der Waals surface area contributed by atoms with Crippen molar-refractivity contribution in [1.82, 2.24) is 0 Å². The third-order valence-corrected chi connectivity index (χ3v) is 2.26. The molecular formula is C10H20NO3P. The standard InChI is InChI=1S/C10H20NO3P/c1-6-10(12)14-9(2)15-13-8-7-11(3,4)5/h6,9H,1,7-8H2,2-5H3. The molecule has 0 N–H and O–H groups in total. The lowest BCUT2D eigenvalue weighted by Gasteiger charge is -2.29. The Hall–Kier alpha value is -0.440. The lowest BCUT2D eigenvalue weighted by molar-refractivity contribution is -0.870. The van der Waals surface area contributed by atoms with E-state index < -0.39 is 5.97 Å². The van der Waals surface area contributed by atoms with Crippen LogP contribution in [0.4, 0.5) is 0 Å². The van der Waals surface area contributed by atoms with Gasteiger partial charge in [-0.05, 0) is 5.85 Å². The maximum absolute atomic E-state index is 10.8. The molecule has 88 valence electrons. The maximum Gasteiger partial charge on any atom is 0.328 e. The first kappa shape index (κ1) is 14.6. The predicted octanol–water partition coefficient (Wildman–Crippen LogP) is 1.65. The van der Waals surface area contributed by atoms with E-state index in [9.17, 15) is 4.79 Å². The Balaban J connectivity index is 3.51. The normalized spacial score (nSPS) is 14.1. The molecular weight excluding hydrogens is 213 g/mol. The SMILES string of the molecule is C=CC(=O)OC(C)[P-]OCC[N+](C)(C)C. The van der Waals surface area contributed by atoms with Gasteiger partial charge in [0.1, 0.15) is 0 Å². The molecule has 0 aliphatic rings. The monoisotopic (exact) mass is 233 g/mol. The van der Waals surface area contributed by atoms with Gasteiger partial charge in [0.2, 0.25) is 0 Å². The highest BCUT2D eigenvalue weighted by Gasteiger charge is 2.04. The molecule has 5 heteroatoms. The number of carbonyl (C=O) groups is 1. The summed E-state index contributed by atoms with van der Waals surface area (Å²) in [5, 5.41) is 0. The van der Waals surface area contributed by atoms with Crippen LogP contribution in [0.15, 0.2) is 12.7 Å². The molecule has 0 aliphatic heterocycles. The average Bonchev–Trinajstić information content (AvgIpc) is 2.11. The molecule has 0 fully saturated rings. The molecule has 1 atom stereocenters. The number of likely N-dealkylation sites (N-methyl/N-ethyl adjacent to an activating group) is 1. The van der Waals surface area contributed by atoms with Gasteiger partial charge in [-0.25, -0.2) is 4.79 Å². The van der Waals surface area contributed by atoms with Gasteiger partial charge in [0.15, 0.2) is 0 Å². The molecule has 0 amide bonds. The summed E-state index contributed by atoms with van der Waals surface area (Å²) in [7, 11) is 6.97. The zero-order valence-corrected chi connectivity index (χ0v) is 10.8. The summed E-state index contributed by atoms with van der Waals surface area (Å²) in [5.41, 5.74) is 0. The van der Waals surface area contributed by atoms with Gasteiger partial charge in [0.25, 0.3) is 0 Å². The van der Waals surface area contributed by atoms with Crippen molar-refractivity contribution in [3.05, 3.63) is 12.7 Å². The quantitative estimate of drug-likeness (QED) is 0.220. The summed E-state index contributed by atoms with van der Waals surface area (Å²) in [6.07, 6.45) is 1.15. The maximum atomic E-state index is 10.8. The van der Waals surface area contributed by atoms with Crippen LogP contribution in [-0.2, 0) is 14.1 Å². The summed E-state index contributed by atoms with van der Waals surface area (Å²) in [6.45, 7) is 6.69. The number of esters is 1. The highest BCUT2D eigenvalue weighted by Crippen LogP contribution is 2.21. The van der Waals surface area contributed by atoms with Crippen molar-refractivity contribution in [2.75, 3.05) is 34.3 Å². The van der Waals surface area contributed by atoms with Crippen molar-refractivity contribution < 1.29 is 18.5 Å². The highest BCUT2D eigenvalue weighted by atomic mass is 31.1. The number of hydrogen-bond donors (Lipinski definition) is 0. The third kappa shape index (κ3) is 9.85. The number of quaternary nitrogens is 1. The summed E-state index contributed by atoms with van der Waals surface area (Å²) >= 11 is 0. The second kappa shape index (κ2) is 6.94. The Morgan fingerprint density at radius 3 is 2.60 bits per heavy atom. The van der Waals surface area contributed by atoms with Gasteiger partial charge in [0, 0.05) is 6.08 Å². The van der Waals surface area contributed by atoms with Gasteiger partial charge in [0.05, 0.1) is 34.3 Å². The molecule has 0 aliphatic carbocycles. The van der Waals surface area contributed by atoms with E-state index in [0.29, 0.717) is 15.4 Å². The third-order valence-electron chi connectivity index (χ3n) is 1.53. The molecule has 0 aromatic heterocycles. The Bertz CT molecular complexity index is 213. The lowest BCUT2D eigenvalue weighted by atomic mass is 10.5. The molecule has 0 saturated carbocycles. The van der Waals surface area contributed by atoms with E-state index in [0.717, 1.165) is 17.1 Å². The fourth-order valence-corrected chi connectivity index (χ4v) is 1.25. The van der Waals surface area contributed by atoms with Crippen molar-refractivity contribution in [2.45, 2.75) is 12.8 Å². The van der Waals surface area contributed by atoms with Gasteiger partial charge in [-0.2, -0.15) is 0 Å². The summed E-state index contributed by atoms with van der Waals surface area (Å²) in [4.78, 5) is 10.8. The van der Waals surface area contributed by atoms with E-state index in [2.05, 4.69) is 27.7 Å². The molecule has 4 nitrogen and oxygen atoms in total. The van der Waals surface area contributed by atoms with Crippen LogP contribution in [0.1, 0.15) is 6.92 Å². The minimum atomic E-state index is -0.412. The molecule has 0 aromatic rings. The van der Waals surface area contributed by atoms with Crippen LogP contribution in [0.2, 0.25) is 0 Å². The number of hydrogen-bond acceptors (Lipinski definition) is 3. The van der Waals surface area contributed by atoms with E-state index >= 15 is 0 Å². The van der Waals surface area contributed by atoms with Crippen molar-refractivity contribution in [3.63, 3.8) is 0 Å². The minimum Gasteiger partial charge on any atom is -0.550 e. The van der Waals surface area contributed by atoms with E-state index in [1.54, 1.807) is 6.92 Å². The van der Waals surface area contributed by atoms with Crippen molar-refractivity contribution in [2.24, 2.45) is 0 Å². The fourth-order valence-electron chi connectivity index (χ4n) is 0.710. The molecule has 0 rings (SSSR count). The van der Waals surface area contributed by atoms with Gasteiger partial charge >= 0.3 is 5.97 Å². The lowest BCUT2D eigenvalue weighted by Crippen LogP contribution is -2.37.